The summed E-state index contributed by atoms with van der Waals surface area (Å²) in [5.74, 6) is 0. The molecular weight excluding hydrogens is 615 g/mol. The van der Waals surface area contributed by atoms with Gasteiger partial charge in [0.05, 0.1) is 11.5 Å². The van der Waals surface area contributed by atoms with E-state index in [0.717, 1.165) is 17.7 Å². The lowest BCUT2D eigenvalue weighted by molar-refractivity contribution is 0.763. The number of hydrogen-bond donors (Lipinski definition) is 0. The summed E-state index contributed by atoms with van der Waals surface area (Å²) in [6.45, 7) is 6.15. The summed E-state index contributed by atoms with van der Waals surface area (Å²) < 4.78 is 0. The average Bonchev–Trinajstić information content (AvgIpc) is 3.52. The molecule has 8 rings (SSSR count). The third-order valence-electron chi connectivity index (χ3n) is 10.4. The normalized spacial score (nSPS) is 16.0. The van der Waals surface area contributed by atoms with Gasteiger partial charge in [-0.1, -0.05) is 189 Å². The molecule has 0 spiro atoms. The number of hydrogen-bond acceptors (Lipinski definition) is 1. The van der Waals surface area contributed by atoms with Crippen LogP contribution in [0.2, 0.25) is 0 Å². The Bertz CT molecular complexity index is 2250. The van der Waals surface area contributed by atoms with Gasteiger partial charge in [0.15, 0.2) is 0 Å². The molecular formula is C50H41N. The Morgan fingerprint density at radius 1 is 0.667 bits per heavy atom. The van der Waals surface area contributed by atoms with E-state index in [1.807, 2.05) is 13.0 Å². The third-order valence-corrected chi connectivity index (χ3v) is 10.4. The summed E-state index contributed by atoms with van der Waals surface area (Å²) >= 11 is 0. The maximum atomic E-state index is 4.11. The zero-order valence-electron chi connectivity index (χ0n) is 29.0. The molecule has 0 saturated carbocycles. The van der Waals surface area contributed by atoms with E-state index in [2.05, 4.69) is 206 Å². The molecule has 1 atom stereocenters. The first-order valence-corrected chi connectivity index (χ1v) is 17.9. The Balaban J connectivity index is 1.34. The van der Waals surface area contributed by atoms with Gasteiger partial charge in [-0.15, -0.1) is 0 Å². The molecule has 2 aliphatic rings. The van der Waals surface area contributed by atoms with Gasteiger partial charge in [-0.05, 0) is 81.6 Å². The summed E-state index contributed by atoms with van der Waals surface area (Å²) in [4.78, 5) is 2.56. The lowest BCUT2D eigenvalue weighted by Gasteiger charge is -2.36. The summed E-state index contributed by atoms with van der Waals surface area (Å²) in [5.41, 5.74) is 14.4. The molecule has 51 heavy (non-hydrogen) atoms. The van der Waals surface area contributed by atoms with E-state index in [4.69, 9.17) is 0 Å². The van der Waals surface area contributed by atoms with Crippen LogP contribution in [0.15, 0.2) is 218 Å². The molecule has 6 aromatic carbocycles. The third kappa shape index (κ3) is 5.62. The predicted molar refractivity (Wildman–Crippen MR) is 216 cm³/mol. The Morgan fingerprint density at radius 3 is 1.90 bits per heavy atom. The highest BCUT2D eigenvalue weighted by Gasteiger charge is 2.47. The van der Waals surface area contributed by atoms with Crippen molar-refractivity contribution in [2.24, 2.45) is 0 Å². The highest BCUT2D eigenvalue weighted by Crippen LogP contribution is 2.59. The molecule has 0 heterocycles. The number of benzene rings is 6. The second-order valence-electron chi connectivity index (χ2n) is 13.2. The second kappa shape index (κ2) is 14.0. The Morgan fingerprint density at radius 2 is 1.27 bits per heavy atom. The molecule has 0 bridgehead atoms. The van der Waals surface area contributed by atoms with Crippen LogP contribution in [0.1, 0.15) is 35.6 Å². The molecule has 6 aromatic rings. The first kappa shape index (κ1) is 32.0. The maximum Gasteiger partial charge on any atom is 0.0714 e. The van der Waals surface area contributed by atoms with E-state index in [-0.39, 0.29) is 6.04 Å². The number of fused-ring (bicyclic) bond motifs is 3. The van der Waals surface area contributed by atoms with Crippen molar-refractivity contribution in [1.82, 2.24) is 0 Å². The quantitative estimate of drug-likeness (QED) is 0.140. The molecule has 0 aromatic heterocycles. The standard InChI is InChI=1S/C50H41N/c1-3-5-18-37(4-2)39-29-33-43(34-30-39)51(44-35-31-40(32-36-44)38-19-9-6-10-20-38)48-28-17-27-47-49(48)45-25-15-16-26-46(45)50(47,41-21-11-7-12-22-41)42-23-13-8-14-24-42/h3-33,35-36,43H,2,34H2,1H3/b5-3-,37-18+. The largest absolute Gasteiger partial charge is 0.334 e. The number of allylic oxidation sites excluding steroid dienone is 7. The Kier molecular flexibility index (Phi) is 8.78. The Labute approximate surface area is 302 Å². The minimum Gasteiger partial charge on any atom is -0.334 e. The van der Waals surface area contributed by atoms with Gasteiger partial charge >= 0.3 is 0 Å². The van der Waals surface area contributed by atoms with Crippen LogP contribution in [0.4, 0.5) is 11.4 Å². The second-order valence-corrected chi connectivity index (χ2v) is 13.2. The van der Waals surface area contributed by atoms with Gasteiger partial charge in [0.2, 0.25) is 0 Å². The van der Waals surface area contributed by atoms with Gasteiger partial charge in [0, 0.05) is 16.9 Å². The maximum absolute atomic E-state index is 4.11. The number of rotatable bonds is 9. The first-order valence-electron chi connectivity index (χ1n) is 17.9. The van der Waals surface area contributed by atoms with Crippen molar-refractivity contribution in [2.45, 2.75) is 24.8 Å². The van der Waals surface area contributed by atoms with Gasteiger partial charge in [-0.3, -0.25) is 0 Å². The minimum atomic E-state index is -0.459. The molecule has 246 valence electrons. The zero-order valence-corrected chi connectivity index (χ0v) is 29.0. The van der Waals surface area contributed by atoms with Gasteiger partial charge in [0.25, 0.3) is 0 Å². The molecule has 2 aliphatic carbocycles. The smallest absolute Gasteiger partial charge is 0.0714 e. The van der Waals surface area contributed by atoms with Crippen LogP contribution in [0.5, 0.6) is 0 Å². The van der Waals surface area contributed by atoms with Crippen LogP contribution in [0.3, 0.4) is 0 Å². The summed E-state index contributed by atoms with van der Waals surface area (Å²) in [6, 6.07) is 57.9. The lowest BCUT2D eigenvalue weighted by atomic mass is 9.68. The molecule has 0 aliphatic heterocycles. The molecule has 0 saturated heterocycles. The molecule has 0 amide bonds. The summed E-state index contributed by atoms with van der Waals surface area (Å²) in [6.07, 6.45) is 16.1. The number of anilines is 2. The highest BCUT2D eigenvalue weighted by atomic mass is 15.2. The van der Waals surface area contributed by atoms with E-state index in [1.54, 1.807) is 0 Å². The average molecular weight is 656 g/mol. The summed E-state index contributed by atoms with van der Waals surface area (Å²) in [5, 5.41) is 0. The van der Waals surface area contributed by atoms with Crippen molar-refractivity contribution in [3.63, 3.8) is 0 Å². The van der Waals surface area contributed by atoms with E-state index in [0.29, 0.717) is 0 Å². The van der Waals surface area contributed by atoms with Gasteiger partial charge in [-0.2, -0.15) is 0 Å². The van der Waals surface area contributed by atoms with Crippen LogP contribution in [0, 0.1) is 0 Å². The SMILES string of the molecule is C=C/C(=C\C=C/C)C1=CCC(N(c2ccc(-c3ccccc3)cc2)c2cccc3c2-c2ccccc2C3(c2ccccc2)c2ccccc2)C=C1. The van der Waals surface area contributed by atoms with E-state index >= 15 is 0 Å². The molecule has 1 unspecified atom stereocenters. The molecule has 1 nitrogen and oxygen atoms in total. The van der Waals surface area contributed by atoms with E-state index in [1.165, 1.54) is 55.8 Å². The van der Waals surface area contributed by atoms with Crippen molar-refractivity contribution >= 4 is 11.4 Å². The van der Waals surface area contributed by atoms with Crippen molar-refractivity contribution in [3.05, 3.63) is 240 Å². The zero-order chi connectivity index (χ0) is 34.6. The van der Waals surface area contributed by atoms with Crippen molar-refractivity contribution in [3.8, 4) is 22.3 Å². The van der Waals surface area contributed by atoms with Crippen LogP contribution >= 0.6 is 0 Å². The molecule has 0 fully saturated rings. The van der Waals surface area contributed by atoms with Crippen molar-refractivity contribution < 1.29 is 0 Å². The number of nitrogens with zero attached hydrogens (tertiary/aromatic N) is 1. The lowest BCUT2D eigenvalue weighted by Crippen LogP contribution is -2.31. The van der Waals surface area contributed by atoms with Gasteiger partial charge in [0.1, 0.15) is 0 Å². The first-order chi connectivity index (χ1) is 25.2. The fraction of sp³-hybridized carbons (Fsp3) is 0.0800. The van der Waals surface area contributed by atoms with Crippen molar-refractivity contribution in [2.75, 3.05) is 4.90 Å². The monoisotopic (exact) mass is 655 g/mol. The van der Waals surface area contributed by atoms with Gasteiger partial charge in [-0.25, -0.2) is 0 Å². The van der Waals surface area contributed by atoms with Crippen LogP contribution in [-0.2, 0) is 5.41 Å². The minimum absolute atomic E-state index is 0.103. The van der Waals surface area contributed by atoms with Crippen LogP contribution in [-0.4, -0.2) is 6.04 Å². The van der Waals surface area contributed by atoms with E-state index < -0.39 is 5.41 Å². The molecule has 0 N–H and O–H groups in total. The van der Waals surface area contributed by atoms with E-state index in [9.17, 15) is 0 Å². The predicted octanol–water partition coefficient (Wildman–Crippen LogP) is 12.8. The van der Waals surface area contributed by atoms with Gasteiger partial charge < -0.3 is 4.90 Å². The van der Waals surface area contributed by atoms with Crippen LogP contribution in [0.25, 0.3) is 22.3 Å². The molecule has 1 heteroatoms. The van der Waals surface area contributed by atoms with Crippen LogP contribution < -0.4 is 4.90 Å². The summed E-state index contributed by atoms with van der Waals surface area (Å²) in [7, 11) is 0. The Hall–Kier alpha value is -6.18. The highest BCUT2D eigenvalue weighted by molar-refractivity contribution is 5.95. The van der Waals surface area contributed by atoms with Crippen molar-refractivity contribution in [1.29, 1.82) is 0 Å². The molecule has 0 radical (unpaired) electrons. The fourth-order valence-electron chi connectivity index (χ4n) is 8.13. The fourth-order valence-corrected chi connectivity index (χ4v) is 8.13. The topological polar surface area (TPSA) is 3.24 Å².